The smallest absolute Gasteiger partial charge is 0.350 e. The Labute approximate surface area is 111 Å². The van der Waals surface area contributed by atoms with Crippen LogP contribution in [-0.2, 0) is 6.18 Å². The van der Waals surface area contributed by atoms with Crippen molar-refractivity contribution in [3.05, 3.63) is 34.9 Å². The summed E-state index contributed by atoms with van der Waals surface area (Å²) >= 11 is 0. The number of rotatable bonds is 3. The van der Waals surface area contributed by atoms with E-state index in [9.17, 15) is 18.0 Å². The summed E-state index contributed by atoms with van der Waals surface area (Å²) in [6, 6.07) is 3.62. The molecule has 0 aliphatic heterocycles. The van der Waals surface area contributed by atoms with Crippen molar-refractivity contribution in [1.82, 2.24) is 5.32 Å². The molecule has 106 valence electrons. The lowest BCUT2D eigenvalue weighted by atomic mass is 9.94. The SMILES string of the molecule is CC(C)NC(=O)c1ccc(C(C)C)c(C(F)(F)F)c1. The van der Waals surface area contributed by atoms with Crippen molar-refractivity contribution in [3.8, 4) is 0 Å². The Morgan fingerprint density at radius 3 is 2.16 bits per heavy atom. The number of hydrogen-bond acceptors (Lipinski definition) is 1. The van der Waals surface area contributed by atoms with E-state index in [1.54, 1.807) is 27.7 Å². The zero-order valence-corrected chi connectivity index (χ0v) is 11.4. The highest BCUT2D eigenvalue weighted by Crippen LogP contribution is 2.35. The maximum absolute atomic E-state index is 13.0. The molecule has 1 aromatic carbocycles. The molecule has 19 heavy (non-hydrogen) atoms. The zero-order chi connectivity index (χ0) is 14.8. The molecule has 0 aliphatic rings. The summed E-state index contributed by atoms with van der Waals surface area (Å²) < 4.78 is 38.9. The van der Waals surface area contributed by atoms with Crippen molar-refractivity contribution < 1.29 is 18.0 Å². The van der Waals surface area contributed by atoms with Gasteiger partial charge in [0.15, 0.2) is 0 Å². The van der Waals surface area contributed by atoms with Gasteiger partial charge in [0.05, 0.1) is 5.56 Å². The van der Waals surface area contributed by atoms with Crippen LogP contribution in [0.1, 0.15) is 55.1 Å². The number of nitrogens with one attached hydrogen (secondary N) is 1. The molecule has 0 bridgehead atoms. The second-order valence-corrected chi connectivity index (χ2v) is 5.08. The predicted molar refractivity (Wildman–Crippen MR) is 68.1 cm³/mol. The predicted octanol–water partition coefficient (Wildman–Crippen LogP) is 3.97. The van der Waals surface area contributed by atoms with E-state index in [0.717, 1.165) is 6.07 Å². The second kappa shape index (κ2) is 5.63. The van der Waals surface area contributed by atoms with Crippen LogP contribution >= 0.6 is 0 Å². The van der Waals surface area contributed by atoms with Crippen LogP contribution in [-0.4, -0.2) is 11.9 Å². The molecule has 1 rings (SSSR count). The Bertz CT molecular complexity index is 464. The van der Waals surface area contributed by atoms with E-state index in [1.807, 2.05) is 0 Å². The second-order valence-electron chi connectivity index (χ2n) is 5.08. The fourth-order valence-electron chi connectivity index (χ4n) is 1.79. The lowest BCUT2D eigenvalue weighted by Gasteiger charge is -2.17. The van der Waals surface area contributed by atoms with Crippen LogP contribution in [0.2, 0.25) is 0 Å². The van der Waals surface area contributed by atoms with Gasteiger partial charge in [-0.25, -0.2) is 0 Å². The van der Waals surface area contributed by atoms with E-state index >= 15 is 0 Å². The summed E-state index contributed by atoms with van der Waals surface area (Å²) in [5, 5.41) is 2.58. The third-order valence-corrected chi connectivity index (χ3v) is 2.66. The van der Waals surface area contributed by atoms with Crippen LogP contribution in [0.15, 0.2) is 18.2 Å². The number of carbonyl (C=O) groups excluding carboxylic acids is 1. The Hall–Kier alpha value is -1.52. The maximum atomic E-state index is 13.0. The van der Waals surface area contributed by atoms with Gasteiger partial charge in [-0.15, -0.1) is 0 Å². The van der Waals surface area contributed by atoms with Crippen LogP contribution < -0.4 is 5.32 Å². The first-order valence-electron chi connectivity index (χ1n) is 6.15. The van der Waals surface area contributed by atoms with Crippen LogP contribution in [0.25, 0.3) is 0 Å². The molecule has 5 heteroatoms. The Morgan fingerprint density at radius 2 is 1.74 bits per heavy atom. The van der Waals surface area contributed by atoms with Gasteiger partial charge < -0.3 is 5.32 Å². The van der Waals surface area contributed by atoms with Crippen molar-refractivity contribution in [3.63, 3.8) is 0 Å². The topological polar surface area (TPSA) is 29.1 Å². The lowest BCUT2D eigenvalue weighted by molar-refractivity contribution is -0.138. The number of halogens is 3. The minimum atomic E-state index is -4.45. The number of carbonyl (C=O) groups is 1. The third kappa shape index (κ3) is 3.98. The summed E-state index contributed by atoms with van der Waals surface area (Å²) in [6.07, 6.45) is -4.45. The molecule has 2 nitrogen and oxygen atoms in total. The first-order valence-corrected chi connectivity index (χ1v) is 6.15. The molecular weight excluding hydrogens is 255 g/mol. The van der Waals surface area contributed by atoms with E-state index in [4.69, 9.17) is 0 Å². The third-order valence-electron chi connectivity index (χ3n) is 2.66. The normalized spacial score (nSPS) is 12.1. The molecule has 1 amide bonds. The van der Waals surface area contributed by atoms with E-state index < -0.39 is 17.6 Å². The van der Waals surface area contributed by atoms with Gasteiger partial charge in [-0.3, -0.25) is 4.79 Å². The molecule has 0 saturated carbocycles. The van der Waals surface area contributed by atoms with E-state index in [0.29, 0.717) is 0 Å². The monoisotopic (exact) mass is 273 g/mol. The Balaban J connectivity index is 3.23. The van der Waals surface area contributed by atoms with Crippen molar-refractivity contribution in [2.24, 2.45) is 0 Å². The zero-order valence-electron chi connectivity index (χ0n) is 11.4. The molecule has 0 spiro atoms. The summed E-state index contributed by atoms with van der Waals surface area (Å²) in [6.45, 7) is 6.90. The molecule has 0 heterocycles. The van der Waals surface area contributed by atoms with Crippen molar-refractivity contribution in [2.75, 3.05) is 0 Å². The van der Waals surface area contributed by atoms with Gasteiger partial charge in [0.2, 0.25) is 0 Å². The van der Waals surface area contributed by atoms with Crippen molar-refractivity contribution in [1.29, 1.82) is 0 Å². The van der Waals surface area contributed by atoms with E-state index in [-0.39, 0.29) is 23.1 Å². The van der Waals surface area contributed by atoms with Crippen molar-refractivity contribution in [2.45, 2.75) is 45.8 Å². The highest BCUT2D eigenvalue weighted by molar-refractivity contribution is 5.94. The van der Waals surface area contributed by atoms with Crippen molar-refractivity contribution >= 4 is 5.91 Å². The fourth-order valence-corrected chi connectivity index (χ4v) is 1.79. The molecule has 0 aliphatic carbocycles. The van der Waals surface area contributed by atoms with Crippen LogP contribution in [0.5, 0.6) is 0 Å². The maximum Gasteiger partial charge on any atom is 0.416 e. The number of amides is 1. The summed E-state index contributed by atoms with van der Waals surface area (Å²) in [4.78, 5) is 11.7. The highest BCUT2D eigenvalue weighted by atomic mass is 19.4. The molecule has 0 radical (unpaired) electrons. The lowest BCUT2D eigenvalue weighted by Crippen LogP contribution is -2.30. The largest absolute Gasteiger partial charge is 0.416 e. The molecule has 0 saturated heterocycles. The van der Waals surface area contributed by atoms with Gasteiger partial charge >= 0.3 is 6.18 Å². The molecule has 0 unspecified atom stereocenters. The first-order chi connectivity index (χ1) is 8.62. The first kappa shape index (κ1) is 15.5. The van der Waals surface area contributed by atoms with Gasteiger partial charge in [-0.1, -0.05) is 19.9 Å². The van der Waals surface area contributed by atoms with E-state index in [1.165, 1.54) is 12.1 Å². The fraction of sp³-hybridized carbons (Fsp3) is 0.500. The van der Waals surface area contributed by atoms with Gasteiger partial charge in [0.1, 0.15) is 0 Å². The summed E-state index contributed by atoms with van der Waals surface area (Å²) in [7, 11) is 0. The average Bonchev–Trinajstić information content (AvgIpc) is 2.25. The average molecular weight is 273 g/mol. The molecule has 0 atom stereocenters. The molecule has 0 aromatic heterocycles. The highest BCUT2D eigenvalue weighted by Gasteiger charge is 2.34. The van der Waals surface area contributed by atoms with Gasteiger partial charge in [-0.2, -0.15) is 13.2 Å². The van der Waals surface area contributed by atoms with E-state index in [2.05, 4.69) is 5.32 Å². The van der Waals surface area contributed by atoms with Crippen LogP contribution in [0, 0.1) is 0 Å². The Kier molecular flexibility index (Phi) is 4.61. The van der Waals surface area contributed by atoms with Gasteiger partial charge in [0, 0.05) is 11.6 Å². The van der Waals surface area contributed by atoms with Gasteiger partial charge in [-0.05, 0) is 37.5 Å². The minimum Gasteiger partial charge on any atom is -0.350 e. The van der Waals surface area contributed by atoms with Crippen LogP contribution in [0.3, 0.4) is 0 Å². The van der Waals surface area contributed by atoms with Crippen LogP contribution in [0.4, 0.5) is 13.2 Å². The molecular formula is C14H18F3NO. The standard InChI is InChI=1S/C14H18F3NO/c1-8(2)11-6-5-10(13(19)18-9(3)4)7-12(11)14(15,16)17/h5-9H,1-4H3,(H,18,19). The number of hydrogen-bond donors (Lipinski definition) is 1. The van der Waals surface area contributed by atoms with Gasteiger partial charge in [0.25, 0.3) is 5.91 Å². The minimum absolute atomic E-state index is 0.0328. The number of alkyl halides is 3. The summed E-state index contributed by atoms with van der Waals surface area (Å²) in [5.74, 6) is -0.741. The molecule has 1 N–H and O–H groups in total. The molecule has 1 aromatic rings. The molecule has 0 fully saturated rings. The quantitative estimate of drug-likeness (QED) is 0.887. The number of benzene rings is 1. The Morgan fingerprint density at radius 1 is 1.16 bits per heavy atom. The summed E-state index contributed by atoms with van der Waals surface area (Å²) in [5.41, 5.74) is -0.502.